The number of likely N-dealkylation sites (tertiary alicyclic amines) is 1. The third-order valence-electron chi connectivity index (χ3n) is 3.38. The van der Waals surface area contributed by atoms with Crippen LogP contribution in [-0.2, 0) is 0 Å². The van der Waals surface area contributed by atoms with Gasteiger partial charge in [0.1, 0.15) is 0 Å². The lowest BCUT2D eigenvalue weighted by Crippen LogP contribution is -2.29. The number of nitrogens with zero attached hydrogens (tertiary/aromatic N) is 1. The molecule has 0 N–H and O–H groups in total. The van der Waals surface area contributed by atoms with Gasteiger partial charge in [0.2, 0.25) is 0 Å². The summed E-state index contributed by atoms with van der Waals surface area (Å²) in [5.74, 6) is 0. The average Bonchev–Trinajstić information content (AvgIpc) is 2.65. The number of hydrogen-bond donors (Lipinski definition) is 0. The molecule has 76 valence electrons. The Morgan fingerprint density at radius 1 is 1.29 bits per heavy atom. The van der Waals surface area contributed by atoms with Crippen LogP contribution >= 0.6 is 0 Å². The lowest BCUT2D eigenvalue weighted by atomic mass is 10.1. The maximum absolute atomic E-state index is 2.61. The first-order chi connectivity index (χ1) is 6.79. The highest BCUT2D eigenvalue weighted by Gasteiger charge is 2.25. The van der Waals surface area contributed by atoms with Crippen LogP contribution in [0.5, 0.6) is 0 Å². The van der Waals surface area contributed by atoms with Gasteiger partial charge in [-0.25, -0.2) is 0 Å². The maximum Gasteiger partial charge on any atom is 0.0322 e. The van der Waals surface area contributed by atoms with E-state index in [1.54, 1.807) is 0 Å². The van der Waals surface area contributed by atoms with Gasteiger partial charge < -0.3 is 0 Å². The van der Waals surface area contributed by atoms with Gasteiger partial charge in [-0.1, -0.05) is 30.3 Å². The van der Waals surface area contributed by atoms with Gasteiger partial charge in [-0.05, 0) is 38.8 Å². The molecule has 0 radical (unpaired) electrons. The smallest absolute Gasteiger partial charge is 0.0322 e. The Kier molecular flexibility index (Phi) is 2.87. The molecule has 1 saturated heterocycles. The van der Waals surface area contributed by atoms with Gasteiger partial charge in [0, 0.05) is 12.1 Å². The van der Waals surface area contributed by atoms with Crippen molar-refractivity contribution in [3.8, 4) is 0 Å². The zero-order valence-corrected chi connectivity index (χ0v) is 9.11. The molecule has 0 spiro atoms. The van der Waals surface area contributed by atoms with Crippen molar-refractivity contribution < 1.29 is 0 Å². The lowest BCUT2D eigenvalue weighted by molar-refractivity contribution is 0.204. The van der Waals surface area contributed by atoms with Gasteiger partial charge in [-0.2, -0.15) is 0 Å². The summed E-state index contributed by atoms with van der Waals surface area (Å²) in [5, 5.41) is 0. The lowest BCUT2D eigenvalue weighted by Gasteiger charge is -2.28. The van der Waals surface area contributed by atoms with E-state index in [-0.39, 0.29) is 0 Å². The molecule has 0 aliphatic carbocycles. The van der Waals surface area contributed by atoms with E-state index < -0.39 is 0 Å². The largest absolute Gasteiger partial charge is 0.294 e. The van der Waals surface area contributed by atoms with Gasteiger partial charge in [0.15, 0.2) is 0 Å². The molecule has 0 bridgehead atoms. The van der Waals surface area contributed by atoms with Crippen LogP contribution in [0.3, 0.4) is 0 Å². The second-order valence-corrected chi connectivity index (χ2v) is 4.32. The van der Waals surface area contributed by atoms with Crippen LogP contribution in [-0.4, -0.2) is 17.5 Å². The maximum atomic E-state index is 2.61. The van der Waals surface area contributed by atoms with Gasteiger partial charge in [-0.3, -0.25) is 4.90 Å². The van der Waals surface area contributed by atoms with Crippen LogP contribution < -0.4 is 0 Å². The molecular formula is C13H19N. The summed E-state index contributed by atoms with van der Waals surface area (Å²) in [6, 6.07) is 12.1. The first-order valence-corrected chi connectivity index (χ1v) is 5.59. The fourth-order valence-electron chi connectivity index (χ4n) is 2.45. The van der Waals surface area contributed by atoms with Crippen molar-refractivity contribution in [2.45, 2.75) is 38.8 Å². The summed E-state index contributed by atoms with van der Waals surface area (Å²) in [6.45, 7) is 5.92. The molecule has 1 fully saturated rings. The molecule has 1 aliphatic heterocycles. The van der Waals surface area contributed by atoms with Crippen LogP contribution in [0.4, 0.5) is 0 Å². The molecular weight excluding hydrogens is 170 g/mol. The van der Waals surface area contributed by atoms with Crippen LogP contribution in [0.1, 0.15) is 38.3 Å². The topological polar surface area (TPSA) is 3.24 Å². The van der Waals surface area contributed by atoms with Crippen LogP contribution in [0.2, 0.25) is 0 Å². The minimum atomic E-state index is 0.577. The van der Waals surface area contributed by atoms with Gasteiger partial charge in [0.05, 0.1) is 0 Å². The molecule has 1 heterocycles. The first-order valence-electron chi connectivity index (χ1n) is 5.59. The fourth-order valence-corrected chi connectivity index (χ4v) is 2.45. The summed E-state index contributed by atoms with van der Waals surface area (Å²) >= 11 is 0. The van der Waals surface area contributed by atoms with E-state index in [2.05, 4.69) is 49.1 Å². The normalized spacial score (nSPS) is 25.1. The fraction of sp³-hybridized carbons (Fsp3) is 0.538. The Morgan fingerprint density at radius 3 is 2.57 bits per heavy atom. The molecule has 1 aliphatic rings. The molecule has 1 aromatic rings. The Labute approximate surface area is 86.7 Å². The van der Waals surface area contributed by atoms with E-state index in [1.807, 2.05) is 0 Å². The predicted octanol–water partition coefficient (Wildman–Crippen LogP) is 3.23. The number of hydrogen-bond acceptors (Lipinski definition) is 1. The minimum Gasteiger partial charge on any atom is -0.294 e. The molecule has 2 atom stereocenters. The standard InChI is InChI=1S/C13H19N/c1-11-7-6-10-14(11)12(2)13-8-4-3-5-9-13/h3-5,8-9,11-12H,6-7,10H2,1-2H3/t11-,12+/m1/s1. The van der Waals surface area contributed by atoms with Crippen LogP contribution in [0, 0.1) is 0 Å². The third kappa shape index (κ3) is 1.83. The van der Waals surface area contributed by atoms with Crippen molar-refractivity contribution in [2.75, 3.05) is 6.54 Å². The summed E-state index contributed by atoms with van der Waals surface area (Å²) in [5.41, 5.74) is 1.45. The first kappa shape index (κ1) is 9.72. The minimum absolute atomic E-state index is 0.577. The highest BCUT2D eigenvalue weighted by Crippen LogP contribution is 2.28. The number of rotatable bonds is 2. The molecule has 1 aromatic carbocycles. The van der Waals surface area contributed by atoms with Crippen LogP contribution in [0.15, 0.2) is 30.3 Å². The zero-order valence-electron chi connectivity index (χ0n) is 9.11. The molecule has 0 unspecified atom stereocenters. The van der Waals surface area contributed by atoms with E-state index in [9.17, 15) is 0 Å². The number of benzene rings is 1. The van der Waals surface area contributed by atoms with E-state index in [1.165, 1.54) is 24.9 Å². The molecule has 1 heteroatoms. The van der Waals surface area contributed by atoms with Crippen molar-refractivity contribution in [1.82, 2.24) is 4.90 Å². The van der Waals surface area contributed by atoms with Crippen molar-refractivity contribution in [2.24, 2.45) is 0 Å². The van der Waals surface area contributed by atoms with Gasteiger partial charge in [0.25, 0.3) is 0 Å². The van der Waals surface area contributed by atoms with Gasteiger partial charge >= 0.3 is 0 Å². The monoisotopic (exact) mass is 189 g/mol. The Balaban J connectivity index is 2.12. The zero-order chi connectivity index (χ0) is 9.97. The van der Waals surface area contributed by atoms with Crippen molar-refractivity contribution in [3.05, 3.63) is 35.9 Å². The molecule has 14 heavy (non-hydrogen) atoms. The predicted molar refractivity (Wildman–Crippen MR) is 60.3 cm³/mol. The van der Waals surface area contributed by atoms with Crippen molar-refractivity contribution in [1.29, 1.82) is 0 Å². The van der Waals surface area contributed by atoms with E-state index >= 15 is 0 Å². The highest BCUT2D eigenvalue weighted by molar-refractivity contribution is 5.18. The molecule has 2 rings (SSSR count). The second kappa shape index (κ2) is 4.14. The molecule has 0 amide bonds. The quantitative estimate of drug-likeness (QED) is 0.690. The molecule has 0 saturated carbocycles. The SMILES string of the molecule is C[C@@H]1CCCN1[C@@H](C)c1ccccc1. The molecule has 0 aromatic heterocycles. The second-order valence-electron chi connectivity index (χ2n) is 4.32. The summed E-state index contributed by atoms with van der Waals surface area (Å²) in [4.78, 5) is 2.61. The molecule has 1 nitrogen and oxygen atoms in total. The van der Waals surface area contributed by atoms with Crippen molar-refractivity contribution in [3.63, 3.8) is 0 Å². The summed E-state index contributed by atoms with van der Waals surface area (Å²) < 4.78 is 0. The summed E-state index contributed by atoms with van der Waals surface area (Å²) in [7, 11) is 0. The van der Waals surface area contributed by atoms with E-state index in [4.69, 9.17) is 0 Å². The summed E-state index contributed by atoms with van der Waals surface area (Å²) in [6.07, 6.45) is 2.72. The van der Waals surface area contributed by atoms with Crippen LogP contribution in [0.25, 0.3) is 0 Å². The average molecular weight is 189 g/mol. The Bertz CT molecular complexity index is 281. The van der Waals surface area contributed by atoms with Gasteiger partial charge in [-0.15, -0.1) is 0 Å². The Morgan fingerprint density at radius 2 is 2.00 bits per heavy atom. The van der Waals surface area contributed by atoms with E-state index in [0.29, 0.717) is 6.04 Å². The van der Waals surface area contributed by atoms with E-state index in [0.717, 1.165) is 6.04 Å². The Hall–Kier alpha value is -0.820. The highest BCUT2D eigenvalue weighted by atomic mass is 15.2. The van der Waals surface area contributed by atoms with Crippen molar-refractivity contribution >= 4 is 0 Å². The third-order valence-corrected chi connectivity index (χ3v) is 3.38.